The van der Waals surface area contributed by atoms with Crippen molar-refractivity contribution in [2.45, 2.75) is 6.54 Å². The predicted octanol–water partition coefficient (Wildman–Crippen LogP) is 0.439. The van der Waals surface area contributed by atoms with Crippen LogP contribution in [-0.2, 0) is 6.54 Å². The highest BCUT2D eigenvalue weighted by Crippen LogP contribution is 2.04. The number of hydrogen-bond acceptors (Lipinski definition) is 3. The van der Waals surface area contributed by atoms with E-state index in [-0.39, 0.29) is 5.91 Å². The van der Waals surface area contributed by atoms with Gasteiger partial charge in [-0.15, -0.1) is 0 Å². The molecule has 0 bridgehead atoms. The number of primary amides is 1. The molecule has 0 saturated heterocycles. The largest absolute Gasteiger partial charge is 0.366 e. The van der Waals surface area contributed by atoms with Crippen LogP contribution in [0.1, 0.15) is 26.5 Å². The molecule has 6 heteroatoms. The third kappa shape index (κ3) is 2.73. The fourth-order valence-corrected chi connectivity index (χ4v) is 1.45. The molecule has 0 saturated carbocycles. The number of benzene rings is 1. The number of nitrogens with zero attached hydrogens (tertiary/aromatic N) is 1. The number of amides is 2. The highest BCUT2D eigenvalue weighted by molar-refractivity contribution is 5.97. The highest BCUT2D eigenvalue weighted by Gasteiger charge is 2.07. The lowest BCUT2D eigenvalue weighted by Gasteiger charge is -2.03. The van der Waals surface area contributed by atoms with Crippen molar-refractivity contribution in [1.82, 2.24) is 15.3 Å². The lowest BCUT2D eigenvalue weighted by atomic mass is 10.1. The summed E-state index contributed by atoms with van der Waals surface area (Å²) in [5, 5.41) is 2.70. The van der Waals surface area contributed by atoms with Crippen molar-refractivity contribution in [3.8, 4) is 0 Å². The van der Waals surface area contributed by atoms with Gasteiger partial charge in [-0.25, -0.2) is 4.98 Å². The van der Waals surface area contributed by atoms with Crippen molar-refractivity contribution < 1.29 is 9.59 Å². The summed E-state index contributed by atoms with van der Waals surface area (Å²) >= 11 is 0. The van der Waals surface area contributed by atoms with Crippen LogP contribution in [0, 0.1) is 0 Å². The third-order valence-electron chi connectivity index (χ3n) is 2.40. The zero-order valence-electron chi connectivity index (χ0n) is 9.51. The topological polar surface area (TPSA) is 101 Å². The van der Waals surface area contributed by atoms with Gasteiger partial charge in [0, 0.05) is 23.5 Å². The molecule has 0 aliphatic rings. The molecule has 6 nitrogen and oxygen atoms in total. The van der Waals surface area contributed by atoms with Crippen LogP contribution >= 0.6 is 0 Å². The molecule has 0 fully saturated rings. The average Bonchev–Trinajstić information content (AvgIpc) is 2.89. The lowest BCUT2D eigenvalue weighted by molar-refractivity contribution is 0.0947. The van der Waals surface area contributed by atoms with E-state index in [1.807, 2.05) is 0 Å². The van der Waals surface area contributed by atoms with E-state index in [2.05, 4.69) is 15.3 Å². The maximum Gasteiger partial charge on any atom is 0.251 e. The van der Waals surface area contributed by atoms with E-state index in [1.165, 1.54) is 12.1 Å². The fraction of sp³-hybridized carbons (Fsp3) is 0.0833. The number of hydrogen-bond donors (Lipinski definition) is 3. The number of nitrogens with two attached hydrogens (primary N) is 1. The molecule has 18 heavy (non-hydrogen) atoms. The number of carbonyl (C=O) groups excluding carboxylic acids is 2. The number of aromatic nitrogens is 2. The van der Waals surface area contributed by atoms with Crippen LogP contribution < -0.4 is 11.1 Å². The molecule has 0 atom stereocenters. The quantitative estimate of drug-likeness (QED) is 0.727. The Morgan fingerprint density at radius 3 is 2.44 bits per heavy atom. The van der Waals surface area contributed by atoms with Crippen LogP contribution in [0.2, 0.25) is 0 Å². The Bertz CT molecular complexity index is 546. The Hall–Kier alpha value is -2.63. The molecule has 0 aliphatic heterocycles. The second kappa shape index (κ2) is 5.13. The van der Waals surface area contributed by atoms with Gasteiger partial charge in [0.2, 0.25) is 5.91 Å². The molecule has 0 radical (unpaired) electrons. The molecule has 2 aromatic rings. The maximum atomic E-state index is 11.8. The zero-order valence-corrected chi connectivity index (χ0v) is 9.51. The van der Waals surface area contributed by atoms with Crippen LogP contribution in [-0.4, -0.2) is 21.8 Å². The van der Waals surface area contributed by atoms with Crippen LogP contribution in [0.15, 0.2) is 36.7 Å². The summed E-state index contributed by atoms with van der Waals surface area (Å²) in [6.07, 6.45) is 3.30. The molecule has 0 aliphatic carbocycles. The molecule has 4 N–H and O–H groups in total. The highest BCUT2D eigenvalue weighted by atomic mass is 16.2. The Morgan fingerprint density at radius 1 is 1.22 bits per heavy atom. The number of carbonyl (C=O) groups is 2. The number of aromatic amines is 1. The summed E-state index contributed by atoms with van der Waals surface area (Å²) in [4.78, 5) is 29.5. The van der Waals surface area contributed by atoms with Crippen molar-refractivity contribution in [3.05, 3.63) is 53.6 Å². The van der Waals surface area contributed by atoms with Gasteiger partial charge in [0.25, 0.3) is 5.91 Å². The second-order valence-electron chi connectivity index (χ2n) is 3.66. The minimum absolute atomic E-state index is 0.234. The van der Waals surface area contributed by atoms with Crippen LogP contribution in [0.5, 0.6) is 0 Å². The van der Waals surface area contributed by atoms with Gasteiger partial charge in [-0.1, -0.05) is 0 Å². The number of imidazole rings is 1. The normalized spacial score (nSPS) is 10.0. The first kappa shape index (κ1) is 11.8. The van der Waals surface area contributed by atoms with Gasteiger partial charge < -0.3 is 16.0 Å². The summed E-state index contributed by atoms with van der Waals surface area (Å²) in [6, 6.07) is 6.14. The van der Waals surface area contributed by atoms with Crippen molar-refractivity contribution in [2.24, 2.45) is 5.73 Å². The zero-order chi connectivity index (χ0) is 13.0. The summed E-state index contributed by atoms with van der Waals surface area (Å²) in [5.74, 6) is -0.0722. The molecule has 1 heterocycles. The van der Waals surface area contributed by atoms with Crippen molar-refractivity contribution in [1.29, 1.82) is 0 Å². The van der Waals surface area contributed by atoms with Crippen LogP contribution in [0.25, 0.3) is 0 Å². The molecule has 1 aromatic carbocycles. The van der Waals surface area contributed by atoms with E-state index in [1.54, 1.807) is 24.5 Å². The molecule has 0 unspecified atom stereocenters. The standard InChI is InChI=1S/C12H12N4O2/c13-11(17)8-1-3-9(4-2-8)12(18)16-7-10-14-5-6-15-10/h1-6H,7H2,(H2,13,17)(H,14,15)(H,16,18). The van der Waals surface area contributed by atoms with Gasteiger partial charge in [-0.05, 0) is 24.3 Å². The third-order valence-corrected chi connectivity index (χ3v) is 2.40. The summed E-state index contributed by atoms with van der Waals surface area (Å²) in [6.45, 7) is 0.323. The molecule has 92 valence electrons. The molecular formula is C12H12N4O2. The Labute approximate surface area is 103 Å². The number of H-pyrrole nitrogens is 1. The van der Waals surface area contributed by atoms with E-state index in [4.69, 9.17) is 5.73 Å². The Morgan fingerprint density at radius 2 is 1.89 bits per heavy atom. The Kier molecular flexibility index (Phi) is 3.38. The maximum absolute atomic E-state index is 11.8. The number of nitrogens with one attached hydrogen (secondary N) is 2. The molecular weight excluding hydrogens is 232 g/mol. The first-order valence-corrected chi connectivity index (χ1v) is 5.33. The summed E-state index contributed by atoms with van der Waals surface area (Å²) < 4.78 is 0. The molecule has 1 aromatic heterocycles. The van der Waals surface area contributed by atoms with E-state index in [9.17, 15) is 9.59 Å². The van der Waals surface area contributed by atoms with E-state index in [0.717, 1.165) is 0 Å². The van der Waals surface area contributed by atoms with E-state index < -0.39 is 5.91 Å². The fourth-order valence-electron chi connectivity index (χ4n) is 1.45. The van der Waals surface area contributed by atoms with Gasteiger partial charge in [-0.3, -0.25) is 9.59 Å². The smallest absolute Gasteiger partial charge is 0.251 e. The summed E-state index contributed by atoms with van der Waals surface area (Å²) in [5.41, 5.74) is 5.95. The number of rotatable bonds is 4. The first-order valence-electron chi connectivity index (χ1n) is 5.33. The summed E-state index contributed by atoms with van der Waals surface area (Å²) in [7, 11) is 0. The van der Waals surface area contributed by atoms with E-state index in [0.29, 0.717) is 23.5 Å². The van der Waals surface area contributed by atoms with Gasteiger partial charge in [-0.2, -0.15) is 0 Å². The molecule has 2 rings (SSSR count). The van der Waals surface area contributed by atoms with Gasteiger partial charge >= 0.3 is 0 Å². The average molecular weight is 244 g/mol. The van der Waals surface area contributed by atoms with Gasteiger partial charge in [0.15, 0.2) is 0 Å². The van der Waals surface area contributed by atoms with E-state index >= 15 is 0 Å². The van der Waals surface area contributed by atoms with Crippen LogP contribution in [0.4, 0.5) is 0 Å². The minimum Gasteiger partial charge on any atom is -0.366 e. The predicted molar refractivity (Wildman–Crippen MR) is 64.7 cm³/mol. The SMILES string of the molecule is NC(=O)c1ccc(C(=O)NCc2ncc[nH]2)cc1. The minimum atomic E-state index is -0.516. The van der Waals surface area contributed by atoms with Gasteiger partial charge in [0.1, 0.15) is 5.82 Å². The monoisotopic (exact) mass is 244 g/mol. The second-order valence-corrected chi connectivity index (χ2v) is 3.66. The Balaban J connectivity index is 1.98. The van der Waals surface area contributed by atoms with Gasteiger partial charge in [0.05, 0.1) is 6.54 Å². The first-order chi connectivity index (χ1) is 8.66. The lowest BCUT2D eigenvalue weighted by Crippen LogP contribution is -2.23. The molecule has 0 spiro atoms. The van der Waals surface area contributed by atoms with Crippen molar-refractivity contribution in [3.63, 3.8) is 0 Å². The molecule has 2 amide bonds. The van der Waals surface area contributed by atoms with Crippen molar-refractivity contribution in [2.75, 3.05) is 0 Å². The van der Waals surface area contributed by atoms with Crippen LogP contribution in [0.3, 0.4) is 0 Å². The van der Waals surface area contributed by atoms with Crippen molar-refractivity contribution >= 4 is 11.8 Å².